The number of ether oxygens (including phenoxy) is 1. The summed E-state index contributed by atoms with van der Waals surface area (Å²) >= 11 is 0. The zero-order valence-corrected chi connectivity index (χ0v) is 24.5. The molecular formula is C32H39N5O5. The standard InChI is InChI=1S/C32H39N5O5/c1-5-27-29(38)30(39)28(32(41)42-27)34-31(40)24(18-33)19(2)25-10-11-26(36(25)4)22-7-6-21-17-23(9-8-20(21)16-22)37-14-12-35(3)13-15-37/h6-11,16-17,27-30,32,38-39,41H,5,12-15H2,1-4H3,(H,34,40)/b24-19+/t27-,28-,29-,30-,32?/m1/s1. The van der Waals surface area contributed by atoms with Gasteiger partial charge in [-0.15, -0.1) is 0 Å². The lowest BCUT2D eigenvalue weighted by Crippen LogP contribution is -2.63. The Hall–Kier alpha value is -3.72. The van der Waals surface area contributed by atoms with Gasteiger partial charge >= 0.3 is 0 Å². The Balaban J connectivity index is 1.37. The molecule has 3 heterocycles. The Labute approximate surface area is 246 Å². The lowest BCUT2D eigenvalue weighted by atomic mass is 9.95. The maximum Gasteiger partial charge on any atom is 0.262 e. The third-order valence-corrected chi connectivity index (χ3v) is 8.63. The summed E-state index contributed by atoms with van der Waals surface area (Å²) < 4.78 is 7.29. The first-order valence-corrected chi connectivity index (χ1v) is 14.4. The molecule has 0 spiro atoms. The van der Waals surface area contributed by atoms with Gasteiger partial charge in [-0.3, -0.25) is 4.79 Å². The van der Waals surface area contributed by atoms with E-state index in [4.69, 9.17) is 4.74 Å². The van der Waals surface area contributed by atoms with Gasteiger partial charge in [0.05, 0.1) is 6.10 Å². The number of hydrogen-bond donors (Lipinski definition) is 4. The Morgan fingerprint density at radius 2 is 1.69 bits per heavy atom. The van der Waals surface area contributed by atoms with Crippen LogP contribution in [0.4, 0.5) is 5.69 Å². The Bertz CT molecular complexity index is 1530. The number of fused-ring (bicyclic) bond motifs is 1. The fourth-order valence-electron chi connectivity index (χ4n) is 5.93. The molecule has 2 aromatic carbocycles. The topological polar surface area (TPSA) is 134 Å². The van der Waals surface area contributed by atoms with Crippen molar-refractivity contribution in [2.24, 2.45) is 7.05 Å². The van der Waals surface area contributed by atoms with E-state index in [0.717, 1.165) is 48.2 Å². The average molecular weight is 574 g/mol. The molecule has 42 heavy (non-hydrogen) atoms. The molecule has 0 aliphatic carbocycles. The highest BCUT2D eigenvalue weighted by molar-refractivity contribution is 6.04. The van der Waals surface area contributed by atoms with Crippen molar-refractivity contribution < 1.29 is 24.9 Å². The van der Waals surface area contributed by atoms with Crippen LogP contribution >= 0.6 is 0 Å². The number of amides is 1. The second kappa shape index (κ2) is 12.3. The van der Waals surface area contributed by atoms with E-state index in [1.807, 2.05) is 29.8 Å². The third-order valence-electron chi connectivity index (χ3n) is 8.63. The van der Waals surface area contributed by atoms with E-state index in [9.17, 15) is 25.4 Å². The molecule has 1 aromatic heterocycles. The van der Waals surface area contributed by atoms with Crippen molar-refractivity contribution in [3.63, 3.8) is 0 Å². The normalized spacial score (nSPS) is 25.7. The minimum Gasteiger partial charge on any atom is -0.388 e. The summed E-state index contributed by atoms with van der Waals surface area (Å²) in [6.45, 7) is 7.57. The SMILES string of the molecule is CC[C@H]1OC(O)[C@H](NC(=O)/C(C#N)=C(\C)c2ccc(-c3ccc4cc(N5CCN(C)CC5)ccc4c3)n2C)[C@@H](O)[C@@H]1O. The molecule has 2 aliphatic heterocycles. The van der Waals surface area contributed by atoms with E-state index < -0.39 is 36.6 Å². The lowest BCUT2D eigenvalue weighted by Gasteiger charge is -2.40. The van der Waals surface area contributed by atoms with Gasteiger partial charge in [0, 0.05) is 50.3 Å². The molecular weight excluding hydrogens is 534 g/mol. The highest BCUT2D eigenvalue weighted by Crippen LogP contribution is 2.31. The van der Waals surface area contributed by atoms with E-state index in [2.05, 4.69) is 58.6 Å². The average Bonchev–Trinajstić information content (AvgIpc) is 3.38. The van der Waals surface area contributed by atoms with Crippen LogP contribution in [0.5, 0.6) is 0 Å². The van der Waals surface area contributed by atoms with E-state index in [1.54, 1.807) is 13.8 Å². The number of anilines is 1. The number of likely N-dealkylation sites (N-methyl/N-ethyl adjacent to an activating group) is 1. The number of piperazine rings is 1. The maximum atomic E-state index is 13.1. The van der Waals surface area contributed by atoms with E-state index >= 15 is 0 Å². The molecule has 0 saturated carbocycles. The van der Waals surface area contributed by atoms with Crippen molar-refractivity contribution in [1.82, 2.24) is 14.8 Å². The fraction of sp³-hybridized carbons (Fsp3) is 0.438. The summed E-state index contributed by atoms with van der Waals surface area (Å²) in [5, 5.41) is 45.8. The molecule has 5 atom stereocenters. The van der Waals surface area contributed by atoms with Gasteiger partial charge in [-0.1, -0.05) is 25.1 Å². The van der Waals surface area contributed by atoms with Crippen molar-refractivity contribution in [1.29, 1.82) is 5.26 Å². The van der Waals surface area contributed by atoms with Gasteiger partial charge in [0.15, 0.2) is 6.29 Å². The van der Waals surface area contributed by atoms with Crippen molar-refractivity contribution in [2.45, 2.75) is 50.9 Å². The number of rotatable bonds is 6. The van der Waals surface area contributed by atoms with Crippen LogP contribution < -0.4 is 10.2 Å². The van der Waals surface area contributed by atoms with E-state index in [-0.39, 0.29) is 5.57 Å². The van der Waals surface area contributed by atoms with Crippen molar-refractivity contribution in [2.75, 3.05) is 38.1 Å². The Morgan fingerprint density at radius 3 is 2.38 bits per heavy atom. The predicted octanol–water partition coefficient (Wildman–Crippen LogP) is 2.23. The molecule has 10 nitrogen and oxygen atoms in total. The first-order valence-electron chi connectivity index (χ1n) is 14.4. The summed E-state index contributed by atoms with van der Waals surface area (Å²) in [5.74, 6) is -0.770. The Morgan fingerprint density at radius 1 is 1.00 bits per heavy atom. The number of nitrogens with zero attached hydrogens (tertiary/aromatic N) is 4. The van der Waals surface area contributed by atoms with Crippen LogP contribution in [0.15, 0.2) is 54.1 Å². The van der Waals surface area contributed by atoms with E-state index in [1.165, 1.54) is 5.69 Å². The van der Waals surface area contributed by atoms with Crippen LogP contribution in [0.3, 0.4) is 0 Å². The van der Waals surface area contributed by atoms with Crippen LogP contribution in [0.1, 0.15) is 26.0 Å². The summed E-state index contributed by atoms with van der Waals surface area (Å²) in [5.41, 5.74) is 4.11. The lowest BCUT2D eigenvalue weighted by molar-refractivity contribution is -0.247. The predicted molar refractivity (Wildman–Crippen MR) is 161 cm³/mol. The largest absolute Gasteiger partial charge is 0.388 e. The number of nitrogens with one attached hydrogen (secondary N) is 1. The van der Waals surface area contributed by atoms with Crippen molar-refractivity contribution >= 4 is 27.9 Å². The number of nitriles is 1. The molecule has 1 unspecified atom stereocenters. The van der Waals surface area contributed by atoms with Gasteiger partial charge < -0.3 is 39.7 Å². The maximum absolute atomic E-state index is 13.1. The number of aliphatic hydroxyl groups is 3. The Kier molecular flexibility index (Phi) is 8.68. The summed E-state index contributed by atoms with van der Waals surface area (Å²) in [6.07, 6.45) is -4.63. The highest BCUT2D eigenvalue weighted by atomic mass is 16.6. The number of carbonyl (C=O) groups excluding carboxylic acids is 1. The number of carbonyl (C=O) groups is 1. The second-order valence-electron chi connectivity index (χ2n) is 11.3. The molecule has 2 fully saturated rings. The van der Waals surface area contributed by atoms with E-state index in [0.29, 0.717) is 17.7 Å². The number of aromatic nitrogens is 1. The van der Waals surface area contributed by atoms with Gasteiger partial charge in [0.1, 0.15) is 29.9 Å². The molecule has 10 heteroatoms. The van der Waals surface area contributed by atoms with Gasteiger partial charge in [0.25, 0.3) is 5.91 Å². The molecule has 4 N–H and O–H groups in total. The third kappa shape index (κ3) is 5.67. The van der Waals surface area contributed by atoms with Crippen molar-refractivity contribution in [3.8, 4) is 17.3 Å². The number of benzene rings is 2. The van der Waals surface area contributed by atoms with Crippen molar-refractivity contribution in [3.05, 3.63) is 59.8 Å². The van der Waals surface area contributed by atoms with Crippen LogP contribution in [0.2, 0.25) is 0 Å². The summed E-state index contributed by atoms with van der Waals surface area (Å²) in [7, 11) is 4.03. The van der Waals surface area contributed by atoms with Crippen LogP contribution in [0.25, 0.3) is 27.6 Å². The first kappa shape index (κ1) is 29.8. The minimum absolute atomic E-state index is 0.163. The quantitative estimate of drug-likeness (QED) is 0.261. The monoisotopic (exact) mass is 573 g/mol. The molecule has 222 valence electrons. The summed E-state index contributed by atoms with van der Waals surface area (Å²) in [4.78, 5) is 17.9. The van der Waals surface area contributed by atoms with Crippen LogP contribution in [0, 0.1) is 11.3 Å². The van der Waals surface area contributed by atoms with Crippen LogP contribution in [-0.2, 0) is 16.6 Å². The van der Waals surface area contributed by atoms with Gasteiger partial charge in [-0.25, -0.2) is 0 Å². The number of hydrogen-bond acceptors (Lipinski definition) is 8. The second-order valence-corrected chi connectivity index (χ2v) is 11.3. The smallest absolute Gasteiger partial charge is 0.262 e. The van der Waals surface area contributed by atoms with Crippen LogP contribution in [-0.4, -0.2) is 94.6 Å². The molecule has 0 bridgehead atoms. The van der Waals surface area contributed by atoms with Gasteiger partial charge in [-0.05, 0) is 72.6 Å². The van der Waals surface area contributed by atoms with Gasteiger partial charge in [-0.2, -0.15) is 5.26 Å². The number of aliphatic hydroxyl groups excluding tert-OH is 3. The molecule has 5 rings (SSSR count). The molecule has 0 radical (unpaired) electrons. The molecule has 3 aromatic rings. The molecule has 2 aliphatic rings. The first-order chi connectivity index (χ1) is 20.1. The fourth-order valence-corrected chi connectivity index (χ4v) is 5.93. The molecule has 2 saturated heterocycles. The minimum atomic E-state index is -1.52. The van der Waals surface area contributed by atoms with Gasteiger partial charge in [0.2, 0.25) is 0 Å². The number of allylic oxidation sites excluding steroid dienone is 1. The summed E-state index contributed by atoms with van der Waals surface area (Å²) in [6, 6.07) is 17.4. The highest BCUT2D eigenvalue weighted by Gasteiger charge is 2.44. The zero-order chi connectivity index (χ0) is 30.1. The zero-order valence-electron chi connectivity index (χ0n) is 24.5. The molecule has 1 amide bonds.